The zero-order valence-corrected chi connectivity index (χ0v) is 18.3. The van der Waals surface area contributed by atoms with E-state index in [9.17, 15) is 4.79 Å². The molecule has 156 valence electrons. The number of esters is 1. The highest BCUT2D eigenvalue weighted by Crippen LogP contribution is 2.41. The average molecular weight is 385 g/mol. The third-order valence-electron chi connectivity index (χ3n) is 7.39. The molecule has 1 aromatic rings. The van der Waals surface area contributed by atoms with Crippen LogP contribution in [0.5, 0.6) is 0 Å². The van der Waals surface area contributed by atoms with Crippen molar-refractivity contribution >= 4 is 5.97 Å². The fourth-order valence-electron chi connectivity index (χ4n) is 5.62. The van der Waals surface area contributed by atoms with E-state index in [1.54, 1.807) is 0 Å². The van der Waals surface area contributed by atoms with Gasteiger partial charge in [0.2, 0.25) is 0 Å². The number of benzene rings is 1. The molecule has 2 fully saturated rings. The molecule has 2 aliphatic carbocycles. The van der Waals surface area contributed by atoms with E-state index < -0.39 is 0 Å². The predicted octanol–water partition coefficient (Wildman–Crippen LogP) is 7.52. The van der Waals surface area contributed by atoms with E-state index in [0.29, 0.717) is 11.5 Å². The average Bonchev–Trinajstić information content (AvgIpc) is 2.71. The van der Waals surface area contributed by atoms with Crippen LogP contribution in [0.2, 0.25) is 0 Å². The molecule has 2 nitrogen and oxygen atoms in total. The first-order valence-corrected chi connectivity index (χ1v) is 11.9. The highest BCUT2D eigenvalue weighted by Gasteiger charge is 2.28. The van der Waals surface area contributed by atoms with E-state index in [2.05, 4.69) is 32.9 Å². The summed E-state index contributed by atoms with van der Waals surface area (Å²) in [6.07, 6.45) is 13.8. The molecular weight excluding hydrogens is 344 g/mol. The molecule has 1 aromatic carbocycles. The van der Waals surface area contributed by atoms with Gasteiger partial charge in [0, 0.05) is 0 Å². The summed E-state index contributed by atoms with van der Waals surface area (Å²) in [4.78, 5) is 12.6. The van der Waals surface area contributed by atoms with E-state index in [-0.39, 0.29) is 12.1 Å². The van der Waals surface area contributed by atoms with Crippen molar-refractivity contribution in [1.29, 1.82) is 0 Å². The normalized spacial score (nSPS) is 30.8. The number of rotatable bonds is 7. The van der Waals surface area contributed by atoms with E-state index in [1.165, 1.54) is 63.4 Å². The quantitative estimate of drug-likeness (QED) is 0.454. The molecule has 0 saturated heterocycles. The third-order valence-corrected chi connectivity index (χ3v) is 7.39. The second-order valence-corrected chi connectivity index (χ2v) is 9.49. The summed E-state index contributed by atoms with van der Waals surface area (Å²) >= 11 is 0. The maximum absolute atomic E-state index is 12.6. The van der Waals surface area contributed by atoms with Crippen molar-refractivity contribution in [2.75, 3.05) is 0 Å². The van der Waals surface area contributed by atoms with Gasteiger partial charge in [0.15, 0.2) is 0 Å². The summed E-state index contributed by atoms with van der Waals surface area (Å²) in [6.45, 7) is 6.98. The van der Waals surface area contributed by atoms with Crippen molar-refractivity contribution in [1.82, 2.24) is 0 Å². The van der Waals surface area contributed by atoms with Crippen molar-refractivity contribution in [3.8, 4) is 0 Å². The van der Waals surface area contributed by atoms with Crippen molar-refractivity contribution < 1.29 is 9.53 Å². The van der Waals surface area contributed by atoms with Crippen LogP contribution < -0.4 is 0 Å². The van der Waals surface area contributed by atoms with E-state index >= 15 is 0 Å². The molecule has 2 aliphatic rings. The molecule has 0 spiro atoms. The maximum atomic E-state index is 12.6. The molecule has 3 atom stereocenters. The second kappa shape index (κ2) is 10.5. The van der Waals surface area contributed by atoms with Gasteiger partial charge in [0.05, 0.1) is 5.56 Å². The Bertz CT molecular complexity index is 597. The largest absolute Gasteiger partial charge is 0.459 e. The Morgan fingerprint density at radius 3 is 2.21 bits per heavy atom. The lowest BCUT2D eigenvalue weighted by molar-refractivity contribution is 0.0161. The van der Waals surface area contributed by atoms with Crippen LogP contribution in [-0.2, 0) is 4.74 Å². The highest BCUT2D eigenvalue weighted by molar-refractivity contribution is 5.89. The third kappa shape index (κ3) is 5.61. The van der Waals surface area contributed by atoms with Gasteiger partial charge in [-0.2, -0.15) is 0 Å². The van der Waals surface area contributed by atoms with Crippen molar-refractivity contribution in [3.05, 3.63) is 35.4 Å². The van der Waals surface area contributed by atoms with Crippen LogP contribution in [0, 0.1) is 17.8 Å². The first-order chi connectivity index (χ1) is 13.6. The van der Waals surface area contributed by atoms with Gasteiger partial charge < -0.3 is 4.74 Å². The minimum absolute atomic E-state index is 0.120. The number of ether oxygens (including phenoxy) is 1. The van der Waals surface area contributed by atoms with Crippen LogP contribution >= 0.6 is 0 Å². The summed E-state index contributed by atoms with van der Waals surface area (Å²) in [5.41, 5.74) is 2.12. The Hall–Kier alpha value is -1.31. The van der Waals surface area contributed by atoms with Crippen molar-refractivity contribution in [2.45, 2.75) is 103 Å². The fraction of sp³-hybridized carbons (Fsp3) is 0.731. The molecule has 0 aromatic heterocycles. The van der Waals surface area contributed by atoms with Crippen LogP contribution in [0.15, 0.2) is 24.3 Å². The maximum Gasteiger partial charge on any atom is 0.338 e. The minimum Gasteiger partial charge on any atom is -0.459 e. The van der Waals surface area contributed by atoms with E-state index in [0.717, 1.165) is 30.6 Å². The fourth-order valence-corrected chi connectivity index (χ4v) is 5.62. The lowest BCUT2D eigenvalue weighted by atomic mass is 9.71. The summed E-state index contributed by atoms with van der Waals surface area (Å²) in [6, 6.07) is 8.32. The smallest absolute Gasteiger partial charge is 0.338 e. The molecule has 0 bridgehead atoms. The lowest BCUT2D eigenvalue weighted by Gasteiger charge is -2.34. The highest BCUT2D eigenvalue weighted by atomic mass is 16.5. The molecule has 0 N–H and O–H groups in total. The van der Waals surface area contributed by atoms with Crippen LogP contribution in [0.3, 0.4) is 0 Å². The van der Waals surface area contributed by atoms with Gasteiger partial charge in [-0.25, -0.2) is 4.79 Å². The van der Waals surface area contributed by atoms with Gasteiger partial charge >= 0.3 is 5.97 Å². The monoisotopic (exact) mass is 384 g/mol. The molecule has 0 amide bonds. The van der Waals surface area contributed by atoms with Gasteiger partial charge in [-0.3, -0.25) is 0 Å². The van der Waals surface area contributed by atoms with E-state index in [1.807, 2.05) is 12.1 Å². The zero-order valence-electron chi connectivity index (χ0n) is 18.3. The Morgan fingerprint density at radius 1 is 0.929 bits per heavy atom. The Labute approximate surface area is 172 Å². The van der Waals surface area contributed by atoms with Gasteiger partial charge in [-0.05, 0) is 86.3 Å². The molecule has 0 heterocycles. The summed E-state index contributed by atoms with van der Waals surface area (Å²) < 4.78 is 5.81. The zero-order chi connectivity index (χ0) is 19.9. The van der Waals surface area contributed by atoms with E-state index in [4.69, 9.17) is 4.74 Å². The number of carbonyl (C=O) groups excluding carboxylic acids is 1. The topological polar surface area (TPSA) is 26.3 Å². The Kier molecular flexibility index (Phi) is 8.00. The van der Waals surface area contributed by atoms with Gasteiger partial charge in [0.1, 0.15) is 6.10 Å². The van der Waals surface area contributed by atoms with Gasteiger partial charge in [-0.15, -0.1) is 0 Å². The standard InChI is InChI=1S/C26H40O2/c1-4-6-20-8-16-25(17-9-20)28-26(27)23-13-11-22(12-14-23)24-15-10-21(7-5-2)19(3)18-24/h11-14,19-21,24-25H,4-10,15-18H2,1-3H3/t19-,20?,21+,24+,25?/m1/s1. The minimum atomic E-state index is -0.134. The van der Waals surface area contributed by atoms with Crippen LogP contribution in [0.25, 0.3) is 0 Å². The predicted molar refractivity (Wildman–Crippen MR) is 117 cm³/mol. The first kappa shape index (κ1) is 21.4. The molecule has 0 unspecified atom stereocenters. The Balaban J connectivity index is 1.50. The number of hydrogen-bond acceptors (Lipinski definition) is 2. The van der Waals surface area contributed by atoms with Gasteiger partial charge in [-0.1, -0.05) is 58.6 Å². The number of carbonyl (C=O) groups is 1. The van der Waals surface area contributed by atoms with Crippen LogP contribution in [0.1, 0.15) is 113 Å². The first-order valence-electron chi connectivity index (χ1n) is 11.9. The molecule has 2 heteroatoms. The number of hydrogen-bond donors (Lipinski definition) is 0. The van der Waals surface area contributed by atoms with Crippen molar-refractivity contribution in [2.24, 2.45) is 17.8 Å². The van der Waals surface area contributed by atoms with Crippen molar-refractivity contribution in [3.63, 3.8) is 0 Å². The molecule has 0 aliphatic heterocycles. The van der Waals surface area contributed by atoms with Crippen LogP contribution in [0.4, 0.5) is 0 Å². The molecule has 0 radical (unpaired) electrons. The second-order valence-electron chi connectivity index (χ2n) is 9.49. The molecule has 28 heavy (non-hydrogen) atoms. The lowest BCUT2D eigenvalue weighted by Crippen LogP contribution is -2.24. The summed E-state index contributed by atoms with van der Waals surface area (Å²) in [7, 11) is 0. The summed E-state index contributed by atoms with van der Waals surface area (Å²) in [5, 5.41) is 0. The summed E-state index contributed by atoms with van der Waals surface area (Å²) in [5.74, 6) is 3.08. The molecular formula is C26H40O2. The Morgan fingerprint density at radius 2 is 1.61 bits per heavy atom. The van der Waals surface area contributed by atoms with Gasteiger partial charge in [0.25, 0.3) is 0 Å². The molecule has 3 rings (SSSR count). The molecule has 2 saturated carbocycles. The van der Waals surface area contributed by atoms with Crippen LogP contribution in [-0.4, -0.2) is 12.1 Å². The SMILES string of the molecule is CCCC1CCC(OC(=O)c2ccc([C@H]3CC[C@H](CCC)[C@H](C)C3)cc2)CC1.